The average Bonchev–Trinajstić information content (AvgIpc) is 2.76. The number of aromatic nitrogens is 2. The van der Waals surface area contributed by atoms with E-state index in [0.717, 1.165) is 12.1 Å². The van der Waals surface area contributed by atoms with Gasteiger partial charge in [-0.25, -0.2) is 0 Å². The van der Waals surface area contributed by atoms with Gasteiger partial charge in [0.1, 0.15) is 0 Å². The summed E-state index contributed by atoms with van der Waals surface area (Å²) in [5, 5.41) is 16.9. The highest BCUT2D eigenvalue weighted by Gasteiger charge is 2.08. The summed E-state index contributed by atoms with van der Waals surface area (Å²) >= 11 is 0. The van der Waals surface area contributed by atoms with Gasteiger partial charge in [-0.3, -0.25) is 4.68 Å². The largest absolute Gasteiger partial charge is 0.392 e. The van der Waals surface area contributed by atoms with Gasteiger partial charge in [-0.15, -0.1) is 0 Å². The molecule has 1 atom stereocenters. The van der Waals surface area contributed by atoms with E-state index in [-0.39, 0.29) is 12.6 Å². The van der Waals surface area contributed by atoms with Crippen molar-refractivity contribution in [3.8, 4) is 0 Å². The van der Waals surface area contributed by atoms with Crippen molar-refractivity contribution in [3.63, 3.8) is 0 Å². The van der Waals surface area contributed by atoms with Gasteiger partial charge in [0.15, 0.2) is 0 Å². The second-order valence-corrected chi connectivity index (χ2v) is 4.88. The van der Waals surface area contributed by atoms with Gasteiger partial charge in [0.2, 0.25) is 0 Å². The zero-order chi connectivity index (χ0) is 13.8. The summed E-state index contributed by atoms with van der Waals surface area (Å²) in [7, 11) is 1.95. The Kier molecular flexibility index (Phi) is 4.35. The van der Waals surface area contributed by atoms with Gasteiger partial charge in [-0.2, -0.15) is 5.10 Å². The van der Waals surface area contributed by atoms with E-state index >= 15 is 0 Å². The summed E-state index contributed by atoms with van der Waals surface area (Å²) in [5.41, 5.74) is 4.54. The molecule has 0 spiro atoms. The monoisotopic (exact) mass is 259 g/mol. The molecule has 0 bridgehead atoms. The number of hydrogen-bond donors (Lipinski definition) is 2. The minimum Gasteiger partial charge on any atom is -0.392 e. The van der Waals surface area contributed by atoms with Gasteiger partial charge >= 0.3 is 0 Å². The first-order valence-corrected chi connectivity index (χ1v) is 6.52. The SMILES string of the molecule is Cc1c(CNC(C)c2cccc(CO)c2)cnn1C. The third-order valence-corrected chi connectivity index (χ3v) is 3.57. The first-order valence-electron chi connectivity index (χ1n) is 6.52. The fourth-order valence-corrected chi connectivity index (χ4v) is 2.06. The number of hydrogen-bond acceptors (Lipinski definition) is 3. The lowest BCUT2D eigenvalue weighted by molar-refractivity contribution is 0.281. The quantitative estimate of drug-likeness (QED) is 0.864. The maximum Gasteiger partial charge on any atom is 0.0681 e. The van der Waals surface area contributed by atoms with Crippen LogP contribution in [0.15, 0.2) is 30.5 Å². The number of benzene rings is 1. The Bertz CT molecular complexity index is 548. The smallest absolute Gasteiger partial charge is 0.0681 e. The Hall–Kier alpha value is -1.65. The standard InChI is InChI=1S/C15H21N3O/c1-11(14-6-4-5-13(7-14)10-19)16-8-15-9-17-18(3)12(15)2/h4-7,9,11,16,19H,8,10H2,1-3H3. The molecule has 0 aliphatic heterocycles. The summed E-state index contributed by atoms with van der Waals surface area (Å²) in [5.74, 6) is 0. The zero-order valence-electron chi connectivity index (χ0n) is 11.7. The Morgan fingerprint density at radius 3 is 2.84 bits per heavy atom. The predicted octanol–water partition coefficient (Wildman–Crippen LogP) is 2.07. The maximum atomic E-state index is 9.16. The minimum atomic E-state index is 0.0856. The van der Waals surface area contributed by atoms with Crippen molar-refractivity contribution >= 4 is 0 Å². The van der Waals surface area contributed by atoms with E-state index in [9.17, 15) is 0 Å². The molecule has 4 nitrogen and oxygen atoms in total. The van der Waals surface area contributed by atoms with Crippen molar-refractivity contribution in [2.24, 2.45) is 7.05 Å². The predicted molar refractivity (Wildman–Crippen MR) is 75.6 cm³/mol. The molecule has 1 unspecified atom stereocenters. The van der Waals surface area contributed by atoms with Crippen LogP contribution < -0.4 is 5.32 Å². The lowest BCUT2D eigenvalue weighted by atomic mass is 10.1. The molecule has 0 fully saturated rings. The number of rotatable bonds is 5. The summed E-state index contributed by atoms with van der Waals surface area (Å²) in [6.07, 6.45) is 1.90. The van der Waals surface area contributed by atoms with Crippen LogP contribution in [-0.2, 0) is 20.2 Å². The van der Waals surface area contributed by atoms with Crippen LogP contribution in [0.5, 0.6) is 0 Å². The molecule has 2 aromatic rings. The highest BCUT2D eigenvalue weighted by molar-refractivity contribution is 5.25. The molecule has 4 heteroatoms. The molecule has 1 aromatic heterocycles. The molecule has 1 heterocycles. The molecule has 0 radical (unpaired) electrons. The number of nitrogens with zero attached hydrogens (tertiary/aromatic N) is 2. The van der Waals surface area contributed by atoms with E-state index in [4.69, 9.17) is 5.11 Å². The molecular formula is C15H21N3O. The van der Waals surface area contributed by atoms with Crippen LogP contribution in [0, 0.1) is 6.92 Å². The third-order valence-electron chi connectivity index (χ3n) is 3.57. The highest BCUT2D eigenvalue weighted by atomic mass is 16.3. The number of aliphatic hydroxyl groups is 1. The van der Waals surface area contributed by atoms with Crippen LogP contribution in [0.4, 0.5) is 0 Å². The van der Waals surface area contributed by atoms with Gasteiger partial charge < -0.3 is 10.4 Å². The molecule has 0 amide bonds. The topological polar surface area (TPSA) is 50.1 Å². The molecule has 19 heavy (non-hydrogen) atoms. The summed E-state index contributed by atoms with van der Waals surface area (Å²) in [6.45, 7) is 5.08. The number of nitrogens with one attached hydrogen (secondary N) is 1. The van der Waals surface area contributed by atoms with E-state index in [1.807, 2.05) is 36.1 Å². The molecule has 102 valence electrons. The van der Waals surface area contributed by atoms with Crippen molar-refractivity contribution in [2.75, 3.05) is 0 Å². The molecule has 1 aromatic carbocycles. The van der Waals surface area contributed by atoms with Crippen LogP contribution in [0.1, 0.15) is 35.3 Å². The van der Waals surface area contributed by atoms with Crippen molar-refractivity contribution in [2.45, 2.75) is 33.0 Å². The van der Waals surface area contributed by atoms with Crippen LogP contribution in [-0.4, -0.2) is 14.9 Å². The fraction of sp³-hybridized carbons (Fsp3) is 0.400. The molecule has 2 N–H and O–H groups in total. The summed E-state index contributed by atoms with van der Waals surface area (Å²) in [4.78, 5) is 0. The second-order valence-electron chi connectivity index (χ2n) is 4.88. The number of aliphatic hydroxyl groups excluding tert-OH is 1. The molecular weight excluding hydrogens is 238 g/mol. The molecule has 0 aliphatic carbocycles. The van der Waals surface area contributed by atoms with Gasteiger partial charge in [-0.1, -0.05) is 24.3 Å². The van der Waals surface area contributed by atoms with Crippen molar-refractivity contribution in [1.29, 1.82) is 0 Å². The van der Waals surface area contributed by atoms with E-state index in [1.54, 1.807) is 0 Å². The molecule has 0 saturated carbocycles. The first kappa shape index (κ1) is 13.8. The Morgan fingerprint density at radius 2 is 2.21 bits per heavy atom. The normalized spacial score (nSPS) is 12.6. The summed E-state index contributed by atoms with van der Waals surface area (Å²) in [6, 6.07) is 8.27. The Labute approximate surface area is 114 Å². The zero-order valence-corrected chi connectivity index (χ0v) is 11.7. The first-order chi connectivity index (χ1) is 9.11. The Morgan fingerprint density at radius 1 is 1.42 bits per heavy atom. The molecule has 0 saturated heterocycles. The third kappa shape index (κ3) is 3.22. The van der Waals surface area contributed by atoms with Crippen LogP contribution in [0.25, 0.3) is 0 Å². The lowest BCUT2D eigenvalue weighted by Gasteiger charge is -2.15. The number of aryl methyl sites for hydroxylation is 1. The fourth-order valence-electron chi connectivity index (χ4n) is 2.06. The van der Waals surface area contributed by atoms with E-state index in [0.29, 0.717) is 0 Å². The van der Waals surface area contributed by atoms with Gasteiger partial charge in [-0.05, 0) is 25.0 Å². The Balaban J connectivity index is 2.01. The van der Waals surface area contributed by atoms with Gasteiger partial charge in [0.25, 0.3) is 0 Å². The van der Waals surface area contributed by atoms with Crippen molar-refractivity contribution in [3.05, 3.63) is 52.8 Å². The molecule has 0 aliphatic rings. The van der Waals surface area contributed by atoms with Crippen molar-refractivity contribution < 1.29 is 5.11 Å². The van der Waals surface area contributed by atoms with Crippen molar-refractivity contribution in [1.82, 2.24) is 15.1 Å². The lowest BCUT2D eigenvalue weighted by Crippen LogP contribution is -2.18. The van der Waals surface area contributed by atoms with Gasteiger partial charge in [0.05, 0.1) is 12.8 Å². The highest BCUT2D eigenvalue weighted by Crippen LogP contribution is 2.15. The van der Waals surface area contributed by atoms with E-state index < -0.39 is 0 Å². The van der Waals surface area contributed by atoms with E-state index in [2.05, 4.69) is 30.3 Å². The van der Waals surface area contributed by atoms with Crippen LogP contribution >= 0.6 is 0 Å². The average molecular weight is 259 g/mol. The van der Waals surface area contributed by atoms with Crippen LogP contribution in [0.3, 0.4) is 0 Å². The maximum absolute atomic E-state index is 9.16. The van der Waals surface area contributed by atoms with Crippen LogP contribution in [0.2, 0.25) is 0 Å². The van der Waals surface area contributed by atoms with E-state index in [1.165, 1.54) is 16.8 Å². The molecule has 2 rings (SSSR count). The van der Waals surface area contributed by atoms with Gasteiger partial charge in [0, 0.05) is 30.9 Å². The summed E-state index contributed by atoms with van der Waals surface area (Å²) < 4.78 is 1.88. The second kappa shape index (κ2) is 5.99. The minimum absolute atomic E-state index is 0.0856.